The van der Waals surface area contributed by atoms with Crippen molar-refractivity contribution in [2.75, 3.05) is 0 Å². The summed E-state index contributed by atoms with van der Waals surface area (Å²) in [4.78, 5) is 0. The predicted octanol–water partition coefficient (Wildman–Crippen LogP) is 2.43. The fourth-order valence-electron chi connectivity index (χ4n) is 0.758. The van der Waals surface area contributed by atoms with Gasteiger partial charge >= 0.3 is 0 Å². The first-order chi connectivity index (χ1) is 3.39. The van der Waals surface area contributed by atoms with Gasteiger partial charge in [-0.2, -0.15) is 0 Å². The molecule has 0 unspecified atom stereocenters. The molecule has 2 aliphatic rings. The van der Waals surface area contributed by atoms with Crippen molar-refractivity contribution in [3.63, 3.8) is 0 Å². The summed E-state index contributed by atoms with van der Waals surface area (Å²) >= 11 is 3.39. The van der Waals surface area contributed by atoms with Crippen molar-refractivity contribution in [1.82, 2.24) is 0 Å². The van der Waals surface area contributed by atoms with Gasteiger partial charge in [-0.05, 0) is 27.1 Å². The lowest BCUT2D eigenvalue weighted by molar-refractivity contribution is 1.98. The first-order valence-corrected chi connectivity index (χ1v) is 2.98. The van der Waals surface area contributed by atoms with Crippen molar-refractivity contribution in [3.8, 4) is 11.1 Å². The summed E-state index contributed by atoms with van der Waals surface area (Å²) < 4.78 is 1.30. The fourth-order valence-corrected chi connectivity index (χ4v) is 1.35. The summed E-state index contributed by atoms with van der Waals surface area (Å²) in [7, 11) is 0. The van der Waals surface area contributed by atoms with Gasteiger partial charge in [0.1, 0.15) is 0 Å². The molecule has 0 saturated heterocycles. The van der Waals surface area contributed by atoms with Crippen LogP contribution in [0.4, 0.5) is 0 Å². The van der Waals surface area contributed by atoms with E-state index in [1.54, 1.807) is 0 Å². The van der Waals surface area contributed by atoms with Crippen LogP contribution in [0.15, 0.2) is 22.7 Å². The Morgan fingerprint density at radius 3 is 2.00 bits per heavy atom. The molecule has 0 heterocycles. The average Bonchev–Trinajstić information content (AvgIpc) is 2.26. The van der Waals surface area contributed by atoms with Gasteiger partial charge in [-0.25, -0.2) is 0 Å². The molecule has 0 saturated carbocycles. The largest absolute Gasteiger partial charge is 0.0610 e. The van der Waals surface area contributed by atoms with E-state index < -0.39 is 0 Å². The van der Waals surface area contributed by atoms with Gasteiger partial charge in [0, 0.05) is 4.47 Å². The third-order valence-electron chi connectivity index (χ3n) is 1.23. The molecule has 0 amide bonds. The second kappa shape index (κ2) is 0.920. The highest BCUT2D eigenvalue weighted by Gasteiger charge is 2.19. The zero-order chi connectivity index (χ0) is 4.85. The van der Waals surface area contributed by atoms with E-state index in [0.29, 0.717) is 0 Å². The summed E-state index contributed by atoms with van der Waals surface area (Å²) in [6, 6.07) is 6.29. The number of halogens is 1. The maximum absolute atomic E-state index is 3.39. The molecule has 0 N–H and O–H groups in total. The molecule has 2 aliphatic carbocycles. The van der Waals surface area contributed by atoms with Gasteiger partial charge in [-0.15, -0.1) is 0 Å². The maximum Gasteiger partial charge on any atom is 0.0332 e. The van der Waals surface area contributed by atoms with E-state index in [9.17, 15) is 0 Å². The highest BCUT2D eigenvalue weighted by molar-refractivity contribution is 9.11. The highest BCUT2D eigenvalue weighted by Crippen LogP contribution is 2.47. The molecule has 2 rings (SSSR count). The minimum Gasteiger partial charge on any atom is -0.0610 e. The molecule has 0 aliphatic heterocycles. The van der Waals surface area contributed by atoms with Crippen LogP contribution in [0, 0.1) is 0 Å². The van der Waals surface area contributed by atoms with Crippen molar-refractivity contribution in [3.05, 3.63) is 22.7 Å². The molecule has 0 nitrogen and oxygen atoms in total. The van der Waals surface area contributed by atoms with E-state index in [1.807, 2.05) is 0 Å². The molecule has 0 fully saturated rings. The summed E-state index contributed by atoms with van der Waals surface area (Å²) in [6.07, 6.45) is 0. The van der Waals surface area contributed by atoms with Gasteiger partial charge < -0.3 is 0 Å². The third-order valence-corrected chi connectivity index (χ3v) is 2.08. The molecule has 7 heavy (non-hydrogen) atoms. The Labute approximate surface area is 50.3 Å². The monoisotopic (exact) mass is 154 g/mol. The van der Waals surface area contributed by atoms with Crippen LogP contribution in [0.5, 0.6) is 0 Å². The minimum atomic E-state index is 1.30. The van der Waals surface area contributed by atoms with Crippen molar-refractivity contribution in [2.45, 2.75) is 0 Å². The zero-order valence-electron chi connectivity index (χ0n) is 3.61. The fraction of sp³-hybridized carbons (Fsp3) is 0. The highest BCUT2D eigenvalue weighted by atomic mass is 79.9. The van der Waals surface area contributed by atoms with E-state index in [4.69, 9.17) is 0 Å². The van der Waals surface area contributed by atoms with E-state index in [-0.39, 0.29) is 0 Å². The molecule has 0 bridgehead atoms. The Hall–Kier alpha value is -0.300. The number of hydrogen-bond acceptors (Lipinski definition) is 0. The summed E-state index contributed by atoms with van der Waals surface area (Å²) in [6.45, 7) is 0. The van der Waals surface area contributed by atoms with Crippen LogP contribution in [0.1, 0.15) is 0 Å². The van der Waals surface area contributed by atoms with Crippen LogP contribution in [-0.4, -0.2) is 0 Å². The lowest BCUT2D eigenvalue weighted by atomic mass is 10.6. The number of hydrogen-bond donors (Lipinski definition) is 0. The van der Waals surface area contributed by atoms with Crippen LogP contribution < -0.4 is 0 Å². The van der Waals surface area contributed by atoms with E-state index >= 15 is 0 Å². The van der Waals surface area contributed by atoms with Crippen LogP contribution >= 0.6 is 15.9 Å². The molecule has 34 valence electrons. The summed E-state index contributed by atoms with van der Waals surface area (Å²) in [5.41, 5.74) is 2.78. The third kappa shape index (κ3) is 0.317. The lowest BCUT2D eigenvalue weighted by Gasteiger charge is -1.55. The minimum absolute atomic E-state index is 1.30. The van der Waals surface area contributed by atoms with Crippen LogP contribution in [0.3, 0.4) is 0 Å². The standard InChI is InChI=1S/C6H3Br/c7-6-4-2-1-3-5(4)6/h1-3H. The maximum atomic E-state index is 3.39. The molecule has 0 aromatic carbocycles. The first kappa shape index (κ1) is 3.67. The average molecular weight is 155 g/mol. The molecule has 0 spiro atoms. The molecule has 0 atom stereocenters. The second-order valence-corrected chi connectivity index (χ2v) is 2.46. The zero-order valence-corrected chi connectivity index (χ0v) is 5.20. The van der Waals surface area contributed by atoms with Gasteiger partial charge in [-0.1, -0.05) is 18.2 Å². The SMILES string of the molecule is Brc1c2cccc1-2. The Morgan fingerprint density at radius 1 is 1.14 bits per heavy atom. The molecule has 0 aromatic rings. The molecule has 1 heteroatoms. The van der Waals surface area contributed by atoms with E-state index in [2.05, 4.69) is 34.1 Å². The Morgan fingerprint density at radius 2 is 1.71 bits per heavy atom. The van der Waals surface area contributed by atoms with Crippen LogP contribution in [-0.2, 0) is 0 Å². The summed E-state index contributed by atoms with van der Waals surface area (Å²) in [5.74, 6) is 0. The molecular weight excluding hydrogens is 152 g/mol. The first-order valence-electron chi connectivity index (χ1n) is 2.18. The Bertz CT molecular complexity index is 195. The lowest BCUT2D eigenvalue weighted by Crippen LogP contribution is -1.29. The topological polar surface area (TPSA) is 0 Å². The van der Waals surface area contributed by atoms with Crippen molar-refractivity contribution in [2.24, 2.45) is 0 Å². The summed E-state index contributed by atoms with van der Waals surface area (Å²) in [5, 5.41) is 0. The smallest absolute Gasteiger partial charge is 0.0332 e. The molecule has 0 aromatic heterocycles. The van der Waals surface area contributed by atoms with Gasteiger partial charge in [0.25, 0.3) is 0 Å². The normalized spacial score (nSPS) is 11.6. The van der Waals surface area contributed by atoms with Crippen molar-refractivity contribution >= 4 is 15.9 Å². The second-order valence-electron chi connectivity index (χ2n) is 1.67. The van der Waals surface area contributed by atoms with Gasteiger partial charge in [0.15, 0.2) is 0 Å². The Balaban J connectivity index is 2.78. The van der Waals surface area contributed by atoms with Crippen LogP contribution in [0.25, 0.3) is 11.1 Å². The number of fused-ring (bicyclic) bond motifs is 1. The van der Waals surface area contributed by atoms with E-state index in [0.717, 1.165) is 0 Å². The number of benzene rings is 1. The predicted molar refractivity (Wildman–Crippen MR) is 33.1 cm³/mol. The quantitative estimate of drug-likeness (QED) is 0.547. The Kier molecular flexibility index (Phi) is 0.482. The van der Waals surface area contributed by atoms with Gasteiger partial charge in [-0.3, -0.25) is 0 Å². The van der Waals surface area contributed by atoms with Crippen molar-refractivity contribution < 1.29 is 0 Å². The van der Waals surface area contributed by atoms with E-state index in [1.165, 1.54) is 15.6 Å². The molecule has 0 radical (unpaired) electrons. The number of rotatable bonds is 0. The molecular formula is C6H3Br. The van der Waals surface area contributed by atoms with Crippen molar-refractivity contribution in [1.29, 1.82) is 0 Å². The van der Waals surface area contributed by atoms with Gasteiger partial charge in [0.2, 0.25) is 0 Å². The van der Waals surface area contributed by atoms with Gasteiger partial charge in [0.05, 0.1) is 0 Å². The van der Waals surface area contributed by atoms with Crippen LogP contribution in [0.2, 0.25) is 0 Å².